The molecule has 0 unspecified atom stereocenters. The predicted molar refractivity (Wildman–Crippen MR) is 71.4 cm³/mol. The summed E-state index contributed by atoms with van der Waals surface area (Å²) in [6.07, 6.45) is 2.55. The predicted octanol–water partition coefficient (Wildman–Crippen LogP) is 1.87. The smallest absolute Gasteiger partial charge is 0.337 e. The van der Waals surface area contributed by atoms with Crippen molar-refractivity contribution >= 4 is 22.6 Å². The van der Waals surface area contributed by atoms with E-state index < -0.39 is 5.97 Å². The lowest BCUT2D eigenvalue weighted by Gasteiger charge is -2.32. The molecule has 5 nitrogen and oxygen atoms in total. The second-order valence-corrected chi connectivity index (χ2v) is 4.84. The number of rotatable bonds is 3. The van der Waals surface area contributed by atoms with E-state index in [2.05, 4.69) is 10.3 Å². The van der Waals surface area contributed by atoms with Crippen LogP contribution in [-0.2, 0) is 0 Å². The maximum atomic E-state index is 11.2. The number of aliphatic hydroxyl groups excluding tert-OH is 1. The van der Waals surface area contributed by atoms with Crippen molar-refractivity contribution < 1.29 is 15.0 Å². The summed E-state index contributed by atoms with van der Waals surface area (Å²) in [6.45, 7) is 0. The summed E-state index contributed by atoms with van der Waals surface area (Å²) in [5.74, 6) is -0.299. The maximum Gasteiger partial charge on any atom is 0.337 e. The maximum absolute atomic E-state index is 11.2. The van der Waals surface area contributed by atoms with Crippen LogP contribution >= 0.6 is 0 Å². The van der Waals surface area contributed by atoms with Crippen LogP contribution in [0.15, 0.2) is 30.5 Å². The van der Waals surface area contributed by atoms with Crippen molar-refractivity contribution in [1.29, 1.82) is 0 Å². The lowest BCUT2D eigenvalue weighted by Crippen LogP contribution is -2.39. The van der Waals surface area contributed by atoms with Crippen LogP contribution in [0.1, 0.15) is 23.2 Å². The minimum absolute atomic E-state index is 0.204. The lowest BCUT2D eigenvalue weighted by molar-refractivity contribution is 0.0698. The Labute approximate surface area is 109 Å². The number of anilines is 1. The number of benzene rings is 1. The number of pyridine rings is 1. The first-order chi connectivity index (χ1) is 9.15. The van der Waals surface area contributed by atoms with Gasteiger partial charge in [-0.2, -0.15) is 0 Å². The summed E-state index contributed by atoms with van der Waals surface area (Å²) in [7, 11) is 0. The molecule has 19 heavy (non-hydrogen) atoms. The third kappa shape index (κ3) is 2.13. The van der Waals surface area contributed by atoms with Gasteiger partial charge in [0.05, 0.1) is 11.7 Å². The lowest BCUT2D eigenvalue weighted by atomic mass is 9.89. The van der Waals surface area contributed by atoms with E-state index >= 15 is 0 Å². The van der Waals surface area contributed by atoms with Gasteiger partial charge in [-0.15, -0.1) is 0 Å². The first-order valence-corrected chi connectivity index (χ1v) is 6.21. The Balaban J connectivity index is 2.01. The Morgan fingerprint density at radius 3 is 2.58 bits per heavy atom. The highest BCUT2D eigenvalue weighted by Crippen LogP contribution is 2.29. The van der Waals surface area contributed by atoms with Crippen LogP contribution in [0.2, 0.25) is 0 Å². The molecule has 0 aliphatic heterocycles. The van der Waals surface area contributed by atoms with E-state index in [9.17, 15) is 9.90 Å². The molecule has 3 N–H and O–H groups in total. The standard InChI is InChI=1S/C14H14N2O3/c17-9-5-8(6-9)16-13-11-4-2-1-3-10(11)12(7-15-13)14(18)19/h1-4,7-9,17H,5-6H2,(H,15,16)(H,18,19). The van der Waals surface area contributed by atoms with Crippen molar-refractivity contribution in [2.24, 2.45) is 0 Å². The number of aliphatic hydroxyl groups is 1. The van der Waals surface area contributed by atoms with Gasteiger partial charge in [-0.1, -0.05) is 24.3 Å². The van der Waals surface area contributed by atoms with Crippen LogP contribution in [0.4, 0.5) is 5.82 Å². The van der Waals surface area contributed by atoms with E-state index in [0.29, 0.717) is 24.0 Å². The van der Waals surface area contributed by atoms with Crippen LogP contribution in [0.5, 0.6) is 0 Å². The Bertz CT molecular complexity index is 636. The van der Waals surface area contributed by atoms with Gasteiger partial charge in [0.25, 0.3) is 0 Å². The molecule has 0 spiro atoms. The number of nitrogens with one attached hydrogen (secondary N) is 1. The third-order valence-corrected chi connectivity index (χ3v) is 3.48. The quantitative estimate of drug-likeness (QED) is 0.782. The largest absolute Gasteiger partial charge is 0.478 e. The van der Waals surface area contributed by atoms with Crippen LogP contribution < -0.4 is 5.32 Å². The molecule has 1 aliphatic carbocycles. The summed E-state index contributed by atoms with van der Waals surface area (Å²) in [6, 6.07) is 7.51. The highest BCUT2D eigenvalue weighted by Gasteiger charge is 2.27. The first-order valence-electron chi connectivity index (χ1n) is 6.21. The van der Waals surface area contributed by atoms with Crippen molar-refractivity contribution in [1.82, 2.24) is 4.98 Å². The molecular formula is C14H14N2O3. The van der Waals surface area contributed by atoms with Gasteiger partial charge in [-0.3, -0.25) is 0 Å². The molecule has 3 rings (SSSR count). The summed E-state index contributed by atoms with van der Waals surface area (Å²) in [4.78, 5) is 15.4. The molecule has 1 fully saturated rings. The van der Waals surface area contributed by atoms with E-state index in [4.69, 9.17) is 5.11 Å². The zero-order valence-electron chi connectivity index (χ0n) is 10.2. The molecule has 1 saturated carbocycles. The number of aromatic nitrogens is 1. The van der Waals surface area contributed by atoms with E-state index in [1.807, 2.05) is 18.2 Å². The van der Waals surface area contributed by atoms with E-state index in [0.717, 1.165) is 5.39 Å². The molecule has 0 atom stereocenters. The molecule has 1 aromatic carbocycles. The summed E-state index contributed by atoms with van der Waals surface area (Å²) >= 11 is 0. The number of carbonyl (C=O) groups is 1. The average Bonchev–Trinajstić information content (AvgIpc) is 2.36. The highest BCUT2D eigenvalue weighted by molar-refractivity contribution is 6.06. The summed E-state index contributed by atoms with van der Waals surface area (Å²) in [5.41, 5.74) is 0.204. The topological polar surface area (TPSA) is 82.5 Å². The fraction of sp³-hybridized carbons (Fsp3) is 0.286. The molecular weight excluding hydrogens is 244 g/mol. The van der Waals surface area contributed by atoms with Gasteiger partial charge in [0, 0.05) is 23.0 Å². The molecule has 0 bridgehead atoms. The highest BCUT2D eigenvalue weighted by atomic mass is 16.4. The van der Waals surface area contributed by atoms with Gasteiger partial charge in [0.2, 0.25) is 0 Å². The second kappa shape index (κ2) is 4.51. The number of carboxylic acids is 1. The number of hydrogen-bond acceptors (Lipinski definition) is 4. The monoisotopic (exact) mass is 258 g/mol. The Kier molecular flexibility index (Phi) is 2.83. The number of fused-ring (bicyclic) bond motifs is 1. The van der Waals surface area contributed by atoms with Crippen molar-refractivity contribution in [3.63, 3.8) is 0 Å². The zero-order valence-corrected chi connectivity index (χ0v) is 10.2. The molecule has 98 valence electrons. The SMILES string of the molecule is O=C(O)c1cnc(NC2CC(O)C2)c2ccccc12. The first kappa shape index (κ1) is 11.9. The summed E-state index contributed by atoms with van der Waals surface area (Å²) in [5, 5.41) is 23.2. The molecule has 1 aliphatic rings. The number of nitrogens with zero attached hydrogens (tertiary/aromatic N) is 1. The normalized spacial score (nSPS) is 21.9. The van der Waals surface area contributed by atoms with Gasteiger partial charge in [0.1, 0.15) is 5.82 Å². The van der Waals surface area contributed by atoms with Crippen molar-refractivity contribution in [3.05, 3.63) is 36.0 Å². The van der Waals surface area contributed by atoms with Crippen LogP contribution in [-0.4, -0.2) is 33.3 Å². The third-order valence-electron chi connectivity index (χ3n) is 3.48. The van der Waals surface area contributed by atoms with Crippen LogP contribution in [0.3, 0.4) is 0 Å². The Hall–Kier alpha value is -2.14. The fourth-order valence-electron chi connectivity index (χ4n) is 2.38. The molecule has 1 heterocycles. The summed E-state index contributed by atoms with van der Waals surface area (Å²) < 4.78 is 0. The van der Waals surface area contributed by atoms with Crippen molar-refractivity contribution in [3.8, 4) is 0 Å². The average molecular weight is 258 g/mol. The molecule has 1 aromatic heterocycles. The minimum atomic E-state index is -0.977. The van der Waals surface area contributed by atoms with Crippen molar-refractivity contribution in [2.75, 3.05) is 5.32 Å². The molecule has 5 heteroatoms. The fourth-order valence-corrected chi connectivity index (χ4v) is 2.38. The Morgan fingerprint density at radius 1 is 1.26 bits per heavy atom. The second-order valence-electron chi connectivity index (χ2n) is 4.84. The Morgan fingerprint density at radius 2 is 1.95 bits per heavy atom. The van der Waals surface area contributed by atoms with Gasteiger partial charge < -0.3 is 15.5 Å². The zero-order chi connectivity index (χ0) is 13.4. The van der Waals surface area contributed by atoms with Gasteiger partial charge in [0.15, 0.2) is 0 Å². The minimum Gasteiger partial charge on any atom is -0.478 e. The molecule has 2 aromatic rings. The van der Waals surface area contributed by atoms with Crippen LogP contribution in [0, 0.1) is 0 Å². The van der Waals surface area contributed by atoms with Gasteiger partial charge in [-0.25, -0.2) is 9.78 Å². The van der Waals surface area contributed by atoms with E-state index in [1.54, 1.807) is 6.07 Å². The molecule has 0 amide bonds. The van der Waals surface area contributed by atoms with E-state index in [1.165, 1.54) is 6.20 Å². The van der Waals surface area contributed by atoms with Crippen molar-refractivity contribution in [2.45, 2.75) is 25.0 Å². The van der Waals surface area contributed by atoms with Gasteiger partial charge in [-0.05, 0) is 12.8 Å². The van der Waals surface area contributed by atoms with E-state index in [-0.39, 0.29) is 17.7 Å². The number of hydrogen-bond donors (Lipinski definition) is 3. The molecule has 0 radical (unpaired) electrons. The van der Waals surface area contributed by atoms with Crippen LogP contribution in [0.25, 0.3) is 10.8 Å². The number of carboxylic acid groups (broad SMARTS) is 1. The van der Waals surface area contributed by atoms with Gasteiger partial charge >= 0.3 is 5.97 Å². The molecule has 0 saturated heterocycles. The number of aromatic carboxylic acids is 1.